The van der Waals surface area contributed by atoms with E-state index >= 15 is 0 Å². The molecule has 1 unspecified atom stereocenters. The number of fused-ring (bicyclic) bond motifs is 1. The van der Waals surface area contributed by atoms with Gasteiger partial charge in [0.05, 0.1) is 0 Å². The van der Waals surface area contributed by atoms with Gasteiger partial charge in [0.25, 0.3) is 0 Å². The van der Waals surface area contributed by atoms with Crippen molar-refractivity contribution in [3.63, 3.8) is 0 Å². The molecule has 1 saturated heterocycles. The van der Waals surface area contributed by atoms with E-state index in [4.69, 9.17) is 0 Å². The van der Waals surface area contributed by atoms with Crippen LogP contribution in [0.1, 0.15) is 42.9 Å². The minimum Gasteiger partial charge on any atom is -0.312 e. The van der Waals surface area contributed by atoms with Gasteiger partial charge in [0.15, 0.2) is 0 Å². The Bertz CT molecular complexity index is 414. The van der Waals surface area contributed by atoms with Gasteiger partial charge >= 0.3 is 0 Å². The molecule has 98 valence electrons. The first-order chi connectivity index (χ1) is 8.83. The number of nitrogens with one attached hydrogen (secondary N) is 1. The summed E-state index contributed by atoms with van der Waals surface area (Å²) in [4.78, 5) is 2.64. The van der Waals surface area contributed by atoms with Gasteiger partial charge in [-0.3, -0.25) is 4.90 Å². The van der Waals surface area contributed by atoms with Crippen LogP contribution in [-0.2, 0) is 19.5 Å². The summed E-state index contributed by atoms with van der Waals surface area (Å²) in [6.07, 6.45) is 5.34. The second kappa shape index (κ2) is 5.41. The first-order valence-electron chi connectivity index (χ1n) is 7.38. The van der Waals surface area contributed by atoms with E-state index in [1.165, 1.54) is 43.4 Å². The van der Waals surface area contributed by atoms with Gasteiger partial charge < -0.3 is 5.32 Å². The molecular formula is C16H24N2. The predicted molar refractivity (Wildman–Crippen MR) is 75.6 cm³/mol. The maximum absolute atomic E-state index is 3.47. The summed E-state index contributed by atoms with van der Waals surface area (Å²) in [5.41, 5.74) is 4.55. The quantitative estimate of drug-likeness (QED) is 0.860. The highest BCUT2D eigenvalue weighted by atomic mass is 15.2. The normalized spacial score (nSPS) is 24.8. The third-order valence-electron chi connectivity index (χ3n) is 4.48. The predicted octanol–water partition coefficient (Wildman–Crippen LogP) is 2.71. The summed E-state index contributed by atoms with van der Waals surface area (Å²) < 4.78 is 0. The molecule has 1 fully saturated rings. The van der Waals surface area contributed by atoms with Gasteiger partial charge in [-0.25, -0.2) is 0 Å². The van der Waals surface area contributed by atoms with Crippen LogP contribution in [0.5, 0.6) is 0 Å². The molecule has 0 spiro atoms. The minimum atomic E-state index is 0.757. The van der Waals surface area contributed by atoms with E-state index in [2.05, 4.69) is 35.3 Å². The molecule has 0 saturated carbocycles. The first-order valence-corrected chi connectivity index (χ1v) is 7.38. The van der Waals surface area contributed by atoms with Gasteiger partial charge in [-0.2, -0.15) is 0 Å². The highest BCUT2D eigenvalue weighted by Gasteiger charge is 2.18. The summed E-state index contributed by atoms with van der Waals surface area (Å²) in [7, 11) is 0. The lowest BCUT2D eigenvalue weighted by atomic mass is 9.97. The molecule has 2 aliphatic rings. The summed E-state index contributed by atoms with van der Waals surface area (Å²) >= 11 is 0. The minimum absolute atomic E-state index is 0.757. The third kappa shape index (κ3) is 2.60. The maximum atomic E-state index is 3.47. The Morgan fingerprint density at radius 3 is 3.11 bits per heavy atom. The van der Waals surface area contributed by atoms with E-state index in [0.717, 1.165) is 25.7 Å². The Morgan fingerprint density at radius 2 is 2.22 bits per heavy atom. The van der Waals surface area contributed by atoms with E-state index in [-0.39, 0.29) is 0 Å². The molecule has 1 aromatic carbocycles. The molecule has 1 aromatic rings. The van der Waals surface area contributed by atoms with Crippen molar-refractivity contribution in [2.24, 2.45) is 0 Å². The van der Waals surface area contributed by atoms with Crippen LogP contribution in [0, 0.1) is 0 Å². The highest BCUT2D eigenvalue weighted by Crippen LogP contribution is 2.21. The number of hydrogen-bond acceptors (Lipinski definition) is 2. The van der Waals surface area contributed by atoms with Crippen molar-refractivity contribution < 1.29 is 0 Å². The molecule has 2 aliphatic heterocycles. The fourth-order valence-corrected chi connectivity index (χ4v) is 3.26. The van der Waals surface area contributed by atoms with Gasteiger partial charge in [0.1, 0.15) is 0 Å². The average Bonchev–Trinajstić information content (AvgIpc) is 2.41. The molecule has 2 nitrogen and oxygen atoms in total. The second-order valence-electron chi connectivity index (χ2n) is 5.85. The number of benzene rings is 1. The number of piperidine rings is 1. The fourth-order valence-electron chi connectivity index (χ4n) is 3.26. The molecule has 0 aliphatic carbocycles. The van der Waals surface area contributed by atoms with Crippen LogP contribution >= 0.6 is 0 Å². The van der Waals surface area contributed by atoms with Crippen LogP contribution in [-0.4, -0.2) is 24.0 Å². The SMILES string of the molecule is CC1CCCCN1Cc1ccc2c(c1)CNCC2. The van der Waals surface area contributed by atoms with Crippen molar-refractivity contribution in [3.8, 4) is 0 Å². The molecule has 1 N–H and O–H groups in total. The van der Waals surface area contributed by atoms with E-state index in [1.807, 2.05) is 0 Å². The number of rotatable bonds is 2. The third-order valence-corrected chi connectivity index (χ3v) is 4.48. The van der Waals surface area contributed by atoms with Crippen LogP contribution in [0.25, 0.3) is 0 Å². The zero-order valence-electron chi connectivity index (χ0n) is 11.4. The second-order valence-corrected chi connectivity index (χ2v) is 5.85. The number of hydrogen-bond donors (Lipinski definition) is 1. The van der Waals surface area contributed by atoms with E-state index in [1.54, 1.807) is 5.56 Å². The van der Waals surface area contributed by atoms with Crippen LogP contribution in [0.3, 0.4) is 0 Å². The van der Waals surface area contributed by atoms with E-state index < -0.39 is 0 Å². The molecule has 3 rings (SSSR count). The van der Waals surface area contributed by atoms with E-state index in [0.29, 0.717) is 0 Å². The van der Waals surface area contributed by atoms with Crippen LogP contribution in [0.4, 0.5) is 0 Å². The lowest BCUT2D eigenvalue weighted by Crippen LogP contribution is -2.36. The van der Waals surface area contributed by atoms with Gasteiger partial charge in [-0.1, -0.05) is 24.6 Å². The van der Waals surface area contributed by atoms with Crippen molar-refractivity contribution in [3.05, 3.63) is 34.9 Å². The van der Waals surface area contributed by atoms with Crippen molar-refractivity contribution >= 4 is 0 Å². The van der Waals surface area contributed by atoms with Crippen molar-refractivity contribution in [1.29, 1.82) is 0 Å². The lowest BCUT2D eigenvalue weighted by molar-refractivity contribution is 0.152. The van der Waals surface area contributed by atoms with Crippen LogP contribution < -0.4 is 5.32 Å². The summed E-state index contributed by atoms with van der Waals surface area (Å²) in [6.45, 7) is 6.97. The van der Waals surface area contributed by atoms with Gasteiger partial charge in [0.2, 0.25) is 0 Å². The van der Waals surface area contributed by atoms with Crippen LogP contribution in [0.15, 0.2) is 18.2 Å². The Kier molecular flexibility index (Phi) is 3.67. The number of nitrogens with zero attached hydrogens (tertiary/aromatic N) is 1. The Labute approximate surface area is 110 Å². The Balaban J connectivity index is 1.72. The van der Waals surface area contributed by atoms with Crippen molar-refractivity contribution in [2.45, 2.75) is 51.7 Å². The Morgan fingerprint density at radius 1 is 1.28 bits per heavy atom. The first kappa shape index (κ1) is 12.2. The fraction of sp³-hybridized carbons (Fsp3) is 0.625. The number of likely N-dealkylation sites (tertiary alicyclic amines) is 1. The largest absolute Gasteiger partial charge is 0.312 e. The maximum Gasteiger partial charge on any atom is 0.0236 e. The summed E-state index contributed by atoms with van der Waals surface area (Å²) in [5, 5.41) is 3.47. The zero-order valence-corrected chi connectivity index (χ0v) is 11.4. The molecule has 0 aromatic heterocycles. The molecule has 2 heteroatoms. The standard InChI is InChI=1S/C16H24N2/c1-13-4-2-3-9-18(13)12-14-5-6-15-7-8-17-11-16(15)10-14/h5-6,10,13,17H,2-4,7-9,11-12H2,1H3. The van der Waals surface area contributed by atoms with E-state index in [9.17, 15) is 0 Å². The van der Waals surface area contributed by atoms with Crippen molar-refractivity contribution in [1.82, 2.24) is 10.2 Å². The van der Waals surface area contributed by atoms with Crippen LogP contribution in [0.2, 0.25) is 0 Å². The molecular weight excluding hydrogens is 220 g/mol. The summed E-state index contributed by atoms with van der Waals surface area (Å²) in [6, 6.07) is 7.86. The van der Waals surface area contributed by atoms with Crippen molar-refractivity contribution in [2.75, 3.05) is 13.1 Å². The molecule has 0 radical (unpaired) electrons. The van der Waals surface area contributed by atoms with Gasteiger partial charge in [0, 0.05) is 19.1 Å². The molecule has 0 bridgehead atoms. The highest BCUT2D eigenvalue weighted by molar-refractivity contribution is 5.33. The monoisotopic (exact) mass is 244 g/mol. The smallest absolute Gasteiger partial charge is 0.0236 e. The summed E-state index contributed by atoms with van der Waals surface area (Å²) in [5.74, 6) is 0. The average molecular weight is 244 g/mol. The molecule has 1 atom stereocenters. The molecule has 0 amide bonds. The van der Waals surface area contributed by atoms with Gasteiger partial charge in [-0.15, -0.1) is 0 Å². The molecule has 18 heavy (non-hydrogen) atoms. The zero-order chi connectivity index (χ0) is 12.4. The molecule has 2 heterocycles. The Hall–Kier alpha value is -0.860. The topological polar surface area (TPSA) is 15.3 Å². The lowest BCUT2D eigenvalue weighted by Gasteiger charge is -2.33. The van der Waals surface area contributed by atoms with Gasteiger partial charge in [-0.05, 0) is 56.0 Å².